The molecule has 166 valence electrons. The van der Waals surface area contributed by atoms with Gasteiger partial charge in [-0.15, -0.1) is 0 Å². The van der Waals surface area contributed by atoms with Crippen LogP contribution in [0.25, 0.3) is 0 Å². The fourth-order valence-electron chi connectivity index (χ4n) is 3.91. The first-order valence-corrected chi connectivity index (χ1v) is 10.5. The van der Waals surface area contributed by atoms with Crippen LogP contribution in [0.4, 0.5) is 4.39 Å². The Labute approximate surface area is 182 Å². The van der Waals surface area contributed by atoms with Crippen molar-refractivity contribution in [1.82, 2.24) is 15.5 Å². The average Bonchev–Trinajstić information content (AvgIpc) is 2.74. The van der Waals surface area contributed by atoms with Gasteiger partial charge in [0.05, 0.1) is 19.6 Å². The molecule has 2 aromatic carbocycles. The lowest BCUT2D eigenvalue weighted by molar-refractivity contribution is -0.134. The van der Waals surface area contributed by atoms with Crippen molar-refractivity contribution in [2.45, 2.75) is 46.3 Å². The van der Waals surface area contributed by atoms with Crippen LogP contribution in [0, 0.1) is 26.6 Å². The first-order valence-electron chi connectivity index (χ1n) is 10.5. The largest absolute Gasteiger partial charge is 0.496 e. The molecule has 3 rings (SSSR count). The molecule has 0 aliphatic carbocycles. The quantitative estimate of drug-likeness (QED) is 0.713. The number of benzene rings is 2. The predicted molar refractivity (Wildman–Crippen MR) is 117 cm³/mol. The molecule has 0 radical (unpaired) electrons. The second kappa shape index (κ2) is 9.92. The zero-order valence-electron chi connectivity index (χ0n) is 18.5. The van der Waals surface area contributed by atoms with Crippen LogP contribution in [0.15, 0.2) is 30.3 Å². The Morgan fingerprint density at radius 1 is 1.19 bits per heavy atom. The first-order chi connectivity index (χ1) is 14.8. The summed E-state index contributed by atoms with van der Waals surface area (Å²) in [6.07, 6.45) is 0.0500. The number of nitrogens with one attached hydrogen (secondary N) is 2. The van der Waals surface area contributed by atoms with E-state index >= 15 is 0 Å². The molecule has 0 saturated carbocycles. The summed E-state index contributed by atoms with van der Waals surface area (Å²) in [6, 6.07) is 7.90. The van der Waals surface area contributed by atoms with Crippen molar-refractivity contribution >= 4 is 11.8 Å². The maximum Gasteiger partial charge on any atom is 0.237 e. The van der Waals surface area contributed by atoms with E-state index in [0.29, 0.717) is 19.6 Å². The van der Waals surface area contributed by atoms with E-state index in [1.807, 2.05) is 37.8 Å². The fourth-order valence-corrected chi connectivity index (χ4v) is 3.91. The third-order valence-corrected chi connectivity index (χ3v) is 6.05. The molecule has 0 unspecified atom stereocenters. The molecular weight excluding hydrogens is 397 g/mol. The van der Waals surface area contributed by atoms with E-state index < -0.39 is 6.04 Å². The molecule has 31 heavy (non-hydrogen) atoms. The smallest absolute Gasteiger partial charge is 0.237 e. The molecule has 2 N–H and O–H groups in total. The molecule has 1 atom stereocenters. The standard InChI is InChI=1S/C24H30FN3O3/c1-15-5-7-20(25)11-19(15)13-27-23(29)12-21-24(30)26-9-10-28(21)14-18-6-8-22(31-4)17(3)16(18)2/h5-8,11,21H,9-10,12-14H2,1-4H3,(H,26,30)(H,27,29)/t21-/m0/s1. The summed E-state index contributed by atoms with van der Waals surface area (Å²) in [5.41, 5.74) is 4.93. The highest BCUT2D eigenvalue weighted by Gasteiger charge is 2.32. The van der Waals surface area contributed by atoms with Gasteiger partial charge in [-0.3, -0.25) is 14.5 Å². The molecule has 0 aromatic heterocycles. The summed E-state index contributed by atoms with van der Waals surface area (Å²) in [5, 5.41) is 5.68. The second-order valence-corrected chi connectivity index (χ2v) is 8.01. The first kappa shape index (κ1) is 22.7. The third-order valence-electron chi connectivity index (χ3n) is 6.05. The number of methoxy groups -OCH3 is 1. The van der Waals surface area contributed by atoms with E-state index in [2.05, 4.69) is 10.6 Å². The normalized spacial score (nSPS) is 16.7. The van der Waals surface area contributed by atoms with Crippen LogP contribution in [0.1, 0.15) is 34.2 Å². The van der Waals surface area contributed by atoms with Crippen molar-refractivity contribution in [3.8, 4) is 5.75 Å². The molecule has 2 amide bonds. The predicted octanol–water partition coefficient (Wildman–Crippen LogP) is 2.77. The zero-order chi connectivity index (χ0) is 22.5. The van der Waals surface area contributed by atoms with E-state index in [1.165, 1.54) is 12.1 Å². The molecule has 0 spiro atoms. The van der Waals surface area contributed by atoms with Gasteiger partial charge in [0.25, 0.3) is 0 Å². The van der Waals surface area contributed by atoms with Crippen molar-refractivity contribution < 1.29 is 18.7 Å². The molecule has 1 fully saturated rings. The summed E-state index contributed by atoms with van der Waals surface area (Å²) in [6.45, 7) is 7.94. The summed E-state index contributed by atoms with van der Waals surface area (Å²) in [4.78, 5) is 27.2. The minimum Gasteiger partial charge on any atom is -0.496 e. The molecular formula is C24H30FN3O3. The third kappa shape index (κ3) is 5.41. The van der Waals surface area contributed by atoms with E-state index in [1.54, 1.807) is 13.2 Å². The van der Waals surface area contributed by atoms with E-state index in [0.717, 1.165) is 33.6 Å². The van der Waals surface area contributed by atoms with Crippen molar-refractivity contribution in [2.24, 2.45) is 0 Å². The lowest BCUT2D eigenvalue weighted by atomic mass is 10.00. The summed E-state index contributed by atoms with van der Waals surface area (Å²) in [7, 11) is 1.65. The molecule has 1 aliphatic rings. The van der Waals surface area contributed by atoms with Gasteiger partial charge in [0.2, 0.25) is 11.8 Å². The maximum absolute atomic E-state index is 13.5. The van der Waals surface area contributed by atoms with Gasteiger partial charge in [-0.1, -0.05) is 12.1 Å². The number of ether oxygens (including phenoxy) is 1. The number of halogens is 1. The van der Waals surface area contributed by atoms with Crippen molar-refractivity contribution in [3.05, 3.63) is 64.0 Å². The summed E-state index contributed by atoms with van der Waals surface area (Å²) < 4.78 is 18.9. The number of carbonyl (C=O) groups is 2. The lowest BCUT2D eigenvalue weighted by Gasteiger charge is -2.35. The highest BCUT2D eigenvalue weighted by Crippen LogP contribution is 2.26. The number of rotatable bonds is 7. The number of hydrogen-bond acceptors (Lipinski definition) is 4. The van der Waals surface area contributed by atoms with Gasteiger partial charge < -0.3 is 15.4 Å². The number of aryl methyl sites for hydroxylation is 1. The van der Waals surface area contributed by atoms with Crippen LogP contribution in [-0.2, 0) is 22.7 Å². The number of nitrogens with zero attached hydrogens (tertiary/aromatic N) is 1. The molecule has 2 aromatic rings. The minimum atomic E-state index is -0.552. The Hall–Kier alpha value is -2.93. The van der Waals surface area contributed by atoms with Gasteiger partial charge in [0.15, 0.2) is 0 Å². The van der Waals surface area contributed by atoms with Gasteiger partial charge in [0.1, 0.15) is 11.6 Å². The van der Waals surface area contributed by atoms with Crippen molar-refractivity contribution in [3.63, 3.8) is 0 Å². The van der Waals surface area contributed by atoms with Crippen LogP contribution >= 0.6 is 0 Å². The SMILES string of the molecule is COc1ccc(CN2CCNC(=O)[C@@H]2CC(=O)NCc2cc(F)ccc2C)c(C)c1C. The van der Waals surface area contributed by atoms with Crippen LogP contribution in [-0.4, -0.2) is 43.0 Å². The van der Waals surface area contributed by atoms with Gasteiger partial charge >= 0.3 is 0 Å². The second-order valence-electron chi connectivity index (χ2n) is 8.01. The lowest BCUT2D eigenvalue weighted by Crippen LogP contribution is -2.56. The average molecular weight is 428 g/mol. The van der Waals surface area contributed by atoms with Crippen molar-refractivity contribution in [1.29, 1.82) is 0 Å². The molecule has 1 saturated heterocycles. The topological polar surface area (TPSA) is 70.7 Å². The van der Waals surface area contributed by atoms with Crippen LogP contribution in [0.5, 0.6) is 5.75 Å². The number of piperazine rings is 1. The van der Waals surface area contributed by atoms with Crippen LogP contribution < -0.4 is 15.4 Å². The van der Waals surface area contributed by atoms with Gasteiger partial charge in [-0.05, 0) is 66.8 Å². The summed E-state index contributed by atoms with van der Waals surface area (Å²) in [5.74, 6) is 0.114. The molecule has 1 heterocycles. The number of amides is 2. The van der Waals surface area contributed by atoms with E-state index in [4.69, 9.17) is 4.74 Å². The Morgan fingerprint density at radius 2 is 1.97 bits per heavy atom. The highest BCUT2D eigenvalue weighted by molar-refractivity contribution is 5.88. The maximum atomic E-state index is 13.5. The molecule has 6 nitrogen and oxygen atoms in total. The molecule has 7 heteroatoms. The van der Waals surface area contributed by atoms with E-state index in [-0.39, 0.29) is 30.6 Å². The Morgan fingerprint density at radius 3 is 2.71 bits per heavy atom. The van der Waals surface area contributed by atoms with Gasteiger partial charge in [0, 0.05) is 26.2 Å². The van der Waals surface area contributed by atoms with Crippen LogP contribution in [0.2, 0.25) is 0 Å². The molecule has 0 bridgehead atoms. The Balaban J connectivity index is 1.68. The monoisotopic (exact) mass is 427 g/mol. The highest BCUT2D eigenvalue weighted by atomic mass is 19.1. The molecule has 1 aliphatic heterocycles. The van der Waals surface area contributed by atoms with Gasteiger partial charge in [-0.2, -0.15) is 0 Å². The van der Waals surface area contributed by atoms with Gasteiger partial charge in [-0.25, -0.2) is 4.39 Å². The van der Waals surface area contributed by atoms with Crippen molar-refractivity contribution in [2.75, 3.05) is 20.2 Å². The zero-order valence-corrected chi connectivity index (χ0v) is 18.5. The van der Waals surface area contributed by atoms with E-state index in [9.17, 15) is 14.0 Å². The Bertz CT molecular complexity index is 977. The Kier molecular flexibility index (Phi) is 7.28. The number of carbonyl (C=O) groups excluding carboxylic acids is 2. The summed E-state index contributed by atoms with van der Waals surface area (Å²) >= 11 is 0. The fraction of sp³-hybridized carbons (Fsp3) is 0.417. The van der Waals surface area contributed by atoms with Crippen LogP contribution in [0.3, 0.4) is 0 Å². The number of hydrogen-bond donors (Lipinski definition) is 2. The minimum absolute atomic E-state index is 0.0500.